The van der Waals surface area contributed by atoms with Gasteiger partial charge in [-0.1, -0.05) is 19.8 Å². The van der Waals surface area contributed by atoms with Crippen molar-refractivity contribution in [1.29, 1.82) is 0 Å². The summed E-state index contributed by atoms with van der Waals surface area (Å²) >= 11 is 0. The van der Waals surface area contributed by atoms with E-state index in [1.165, 1.54) is 32.4 Å². The van der Waals surface area contributed by atoms with Gasteiger partial charge in [0.1, 0.15) is 0 Å². The molecule has 0 radical (unpaired) electrons. The van der Waals surface area contributed by atoms with E-state index in [0.717, 1.165) is 32.5 Å². The Hall–Kier alpha value is -0.120. The van der Waals surface area contributed by atoms with Crippen LogP contribution in [0.1, 0.15) is 46.0 Å². The monoisotopic (exact) mass is 240 g/mol. The fourth-order valence-corrected chi connectivity index (χ4v) is 3.23. The molecule has 3 nitrogen and oxygen atoms in total. The largest absolute Gasteiger partial charge is 0.389 e. The number of hydrogen-bond acceptors (Lipinski definition) is 3. The van der Waals surface area contributed by atoms with E-state index in [2.05, 4.69) is 23.6 Å². The van der Waals surface area contributed by atoms with Crippen LogP contribution in [0.15, 0.2) is 0 Å². The number of β-amino-alcohol motifs (C(OH)–C–C–N with tert-alkyl or cyclic N) is 1. The lowest BCUT2D eigenvalue weighted by Crippen LogP contribution is -2.53. The minimum atomic E-state index is -0.363. The van der Waals surface area contributed by atoms with Gasteiger partial charge in [0.25, 0.3) is 0 Å². The van der Waals surface area contributed by atoms with E-state index >= 15 is 0 Å². The lowest BCUT2D eigenvalue weighted by Gasteiger charge is -2.40. The van der Waals surface area contributed by atoms with Crippen LogP contribution in [-0.2, 0) is 0 Å². The Morgan fingerprint density at radius 3 is 2.24 bits per heavy atom. The summed E-state index contributed by atoms with van der Waals surface area (Å²) in [4.78, 5) is 5.04. The second-order valence-electron chi connectivity index (χ2n) is 6.00. The highest BCUT2D eigenvalue weighted by atomic mass is 16.3. The average molecular weight is 240 g/mol. The van der Waals surface area contributed by atoms with Crippen molar-refractivity contribution in [3.63, 3.8) is 0 Å². The molecule has 0 aromatic rings. The summed E-state index contributed by atoms with van der Waals surface area (Å²) in [6.07, 6.45) is 5.69. The molecule has 2 fully saturated rings. The summed E-state index contributed by atoms with van der Waals surface area (Å²) in [6.45, 7) is 10.1. The summed E-state index contributed by atoms with van der Waals surface area (Å²) in [6, 6.07) is 0.715. The molecule has 1 unspecified atom stereocenters. The van der Waals surface area contributed by atoms with E-state index in [1.807, 2.05) is 0 Å². The van der Waals surface area contributed by atoms with Gasteiger partial charge in [0.2, 0.25) is 0 Å². The predicted octanol–water partition coefficient (Wildman–Crippen LogP) is 1.71. The maximum Gasteiger partial charge on any atom is 0.0774 e. The van der Waals surface area contributed by atoms with Crippen LogP contribution in [-0.4, -0.2) is 59.3 Å². The molecular weight excluding hydrogens is 212 g/mol. The van der Waals surface area contributed by atoms with E-state index in [1.54, 1.807) is 0 Å². The molecule has 17 heavy (non-hydrogen) atoms. The number of rotatable bonds is 4. The minimum Gasteiger partial charge on any atom is -0.389 e. The molecule has 1 aliphatic carbocycles. The van der Waals surface area contributed by atoms with Gasteiger partial charge in [-0.15, -0.1) is 0 Å². The Morgan fingerprint density at radius 2 is 1.71 bits per heavy atom. The molecule has 0 aromatic carbocycles. The van der Waals surface area contributed by atoms with Gasteiger partial charge in [0, 0.05) is 38.8 Å². The highest BCUT2D eigenvalue weighted by Crippen LogP contribution is 2.30. The van der Waals surface area contributed by atoms with Crippen molar-refractivity contribution < 1.29 is 5.11 Å². The van der Waals surface area contributed by atoms with E-state index in [-0.39, 0.29) is 5.60 Å². The van der Waals surface area contributed by atoms with Crippen LogP contribution in [0.25, 0.3) is 0 Å². The van der Waals surface area contributed by atoms with Gasteiger partial charge >= 0.3 is 0 Å². The first kappa shape index (κ1) is 13.3. The zero-order chi connectivity index (χ0) is 12.3. The molecule has 0 amide bonds. The number of nitrogens with zero attached hydrogens (tertiary/aromatic N) is 2. The Bertz CT molecular complexity index is 230. The summed E-state index contributed by atoms with van der Waals surface area (Å²) < 4.78 is 0. The van der Waals surface area contributed by atoms with Gasteiger partial charge in [-0.05, 0) is 26.2 Å². The quantitative estimate of drug-likeness (QED) is 0.810. The van der Waals surface area contributed by atoms with Gasteiger partial charge in [0.15, 0.2) is 0 Å². The predicted molar refractivity (Wildman–Crippen MR) is 71.2 cm³/mol. The van der Waals surface area contributed by atoms with Gasteiger partial charge in [-0.2, -0.15) is 0 Å². The third kappa shape index (κ3) is 3.43. The van der Waals surface area contributed by atoms with E-state index in [9.17, 15) is 5.11 Å². The van der Waals surface area contributed by atoms with Gasteiger partial charge < -0.3 is 5.11 Å². The molecule has 2 aliphatic rings. The fourth-order valence-electron chi connectivity index (χ4n) is 3.23. The normalized spacial score (nSPS) is 28.4. The van der Waals surface area contributed by atoms with Crippen LogP contribution >= 0.6 is 0 Å². The lowest BCUT2D eigenvalue weighted by atomic mass is 10.0. The van der Waals surface area contributed by atoms with Crippen LogP contribution in [0, 0.1) is 0 Å². The Labute approximate surface area is 106 Å². The van der Waals surface area contributed by atoms with E-state index in [4.69, 9.17) is 0 Å². The Morgan fingerprint density at radius 1 is 1.12 bits per heavy atom. The molecule has 100 valence electrons. The third-order valence-corrected chi connectivity index (χ3v) is 4.67. The first-order chi connectivity index (χ1) is 8.13. The average Bonchev–Trinajstić information content (AvgIpc) is 2.76. The fraction of sp³-hybridized carbons (Fsp3) is 1.00. The SMILES string of the molecule is CCC(C)N1CCN(CC2(O)CCCC2)CC1. The van der Waals surface area contributed by atoms with Crippen molar-refractivity contribution in [2.24, 2.45) is 0 Å². The standard InChI is InChI=1S/C14H28N2O/c1-3-13(2)16-10-8-15(9-11-16)12-14(17)6-4-5-7-14/h13,17H,3-12H2,1-2H3. The van der Waals surface area contributed by atoms with Gasteiger partial charge in [-0.3, -0.25) is 9.80 Å². The number of piperazine rings is 1. The van der Waals surface area contributed by atoms with Crippen LogP contribution in [0.4, 0.5) is 0 Å². The van der Waals surface area contributed by atoms with Crippen molar-refractivity contribution >= 4 is 0 Å². The van der Waals surface area contributed by atoms with Crippen molar-refractivity contribution in [3.8, 4) is 0 Å². The van der Waals surface area contributed by atoms with E-state index < -0.39 is 0 Å². The van der Waals surface area contributed by atoms with Gasteiger partial charge in [0.05, 0.1) is 5.60 Å². The summed E-state index contributed by atoms with van der Waals surface area (Å²) in [5.74, 6) is 0. The number of aliphatic hydroxyl groups is 1. The molecule has 2 rings (SSSR count). The molecular formula is C14H28N2O. The Balaban J connectivity index is 1.75. The molecule has 0 spiro atoms. The van der Waals surface area contributed by atoms with Crippen LogP contribution in [0.3, 0.4) is 0 Å². The Kier molecular flexibility index (Phi) is 4.45. The van der Waals surface area contributed by atoms with Gasteiger partial charge in [-0.25, -0.2) is 0 Å². The third-order valence-electron chi connectivity index (χ3n) is 4.67. The smallest absolute Gasteiger partial charge is 0.0774 e. The molecule has 1 saturated carbocycles. The topological polar surface area (TPSA) is 26.7 Å². The molecule has 0 bridgehead atoms. The van der Waals surface area contributed by atoms with Crippen LogP contribution in [0.5, 0.6) is 0 Å². The van der Waals surface area contributed by atoms with Crippen molar-refractivity contribution in [1.82, 2.24) is 9.80 Å². The summed E-state index contributed by atoms with van der Waals surface area (Å²) in [7, 11) is 0. The maximum absolute atomic E-state index is 10.4. The highest BCUT2D eigenvalue weighted by Gasteiger charge is 2.34. The highest BCUT2D eigenvalue weighted by molar-refractivity contribution is 4.89. The first-order valence-corrected chi connectivity index (χ1v) is 7.32. The molecule has 1 aliphatic heterocycles. The molecule has 0 aromatic heterocycles. The number of hydrogen-bond donors (Lipinski definition) is 1. The molecule has 1 heterocycles. The zero-order valence-corrected chi connectivity index (χ0v) is 11.5. The van der Waals surface area contributed by atoms with Crippen molar-refractivity contribution in [3.05, 3.63) is 0 Å². The molecule has 1 N–H and O–H groups in total. The van der Waals surface area contributed by atoms with Crippen molar-refractivity contribution in [2.45, 2.75) is 57.6 Å². The first-order valence-electron chi connectivity index (χ1n) is 7.32. The zero-order valence-electron chi connectivity index (χ0n) is 11.5. The summed E-state index contributed by atoms with van der Waals surface area (Å²) in [5, 5.41) is 10.4. The second-order valence-corrected chi connectivity index (χ2v) is 6.00. The van der Waals surface area contributed by atoms with E-state index in [0.29, 0.717) is 6.04 Å². The van der Waals surface area contributed by atoms with Crippen LogP contribution < -0.4 is 0 Å². The summed E-state index contributed by atoms with van der Waals surface area (Å²) in [5.41, 5.74) is -0.363. The lowest BCUT2D eigenvalue weighted by molar-refractivity contribution is -0.00853. The maximum atomic E-state index is 10.4. The minimum absolute atomic E-state index is 0.363. The molecule has 1 atom stereocenters. The van der Waals surface area contributed by atoms with Crippen LogP contribution in [0.2, 0.25) is 0 Å². The molecule has 3 heteroatoms. The second kappa shape index (κ2) is 5.68. The molecule has 1 saturated heterocycles. The van der Waals surface area contributed by atoms with Crippen molar-refractivity contribution in [2.75, 3.05) is 32.7 Å².